The van der Waals surface area contributed by atoms with Crippen LogP contribution in [-0.4, -0.2) is 30.1 Å². The Morgan fingerprint density at radius 1 is 1.19 bits per heavy atom. The molecule has 0 radical (unpaired) electrons. The highest BCUT2D eigenvalue weighted by atomic mass is 32.1. The van der Waals surface area contributed by atoms with E-state index in [0.717, 1.165) is 22.9 Å². The molecule has 3 rings (SSSR count). The average Bonchev–Trinajstić information content (AvgIpc) is 3.10. The van der Waals surface area contributed by atoms with Crippen molar-refractivity contribution >= 4 is 38.8 Å². The van der Waals surface area contributed by atoms with Crippen LogP contribution in [0.2, 0.25) is 0 Å². The van der Waals surface area contributed by atoms with Crippen LogP contribution in [0.25, 0.3) is 10.8 Å². The second kappa shape index (κ2) is 8.78. The number of hydrogen-bond acceptors (Lipinski definition) is 5. The minimum atomic E-state index is -0.156. The Kier molecular flexibility index (Phi) is 6.20. The van der Waals surface area contributed by atoms with Gasteiger partial charge in [0.25, 0.3) is 5.91 Å². The van der Waals surface area contributed by atoms with Crippen molar-refractivity contribution in [1.29, 1.82) is 0 Å². The summed E-state index contributed by atoms with van der Waals surface area (Å²) in [5, 5.41) is 11.0. The number of fused-ring (bicyclic) bond motifs is 1. The molecule has 136 valence electrons. The minimum absolute atomic E-state index is 0.156. The fraction of sp³-hybridized carbons (Fsp3) is 0.300. The molecule has 0 aliphatic carbocycles. The minimum Gasteiger partial charge on any atom is -0.379 e. The maximum absolute atomic E-state index is 12.2. The van der Waals surface area contributed by atoms with Crippen LogP contribution in [0, 0.1) is 0 Å². The van der Waals surface area contributed by atoms with E-state index < -0.39 is 0 Å². The molecule has 0 aliphatic heterocycles. The third-order valence-electron chi connectivity index (χ3n) is 3.83. The second-order valence-corrected chi connectivity index (χ2v) is 7.08. The maximum Gasteiger partial charge on any atom is 0.270 e. The smallest absolute Gasteiger partial charge is 0.270 e. The molecule has 1 amide bonds. The zero-order valence-electron chi connectivity index (χ0n) is 15.0. The molecule has 0 spiro atoms. The molecule has 0 bridgehead atoms. The number of thiazole rings is 1. The van der Waals surface area contributed by atoms with E-state index in [0.29, 0.717) is 24.0 Å². The Morgan fingerprint density at radius 2 is 2.00 bits per heavy atom. The van der Waals surface area contributed by atoms with Crippen molar-refractivity contribution in [3.05, 3.63) is 53.5 Å². The van der Waals surface area contributed by atoms with E-state index >= 15 is 0 Å². The first-order valence-corrected chi connectivity index (χ1v) is 9.61. The largest absolute Gasteiger partial charge is 0.379 e. The van der Waals surface area contributed by atoms with Gasteiger partial charge in [0.15, 0.2) is 5.13 Å². The Balaban J connectivity index is 1.58. The highest BCUT2D eigenvalue weighted by Gasteiger charge is 2.11. The Labute approximate surface area is 157 Å². The predicted molar refractivity (Wildman–Crippen MR) is 107 cm³/mol. The summed E-state index contributed by atoms with van der Waals surface area (Å²) in [6, 6.07) is 14.3. The van der Waals surface area contributed by atoms with Crippen LogP contribution in [0.3, 0.4) is 0 Å². The van der Waals surface area contributed by atoms with E-state index in [1.165, 1.54) is 11.3 Å². The number of rotatable bonds is 8. The summed E-state index contributed by atoms with van der Waals surface area (Å²) in [5.74, 6) is -0.156. The first kappa shape index (κ1) is 18.4. The molecule has 0 unspecified atom stereocenters. The van der Waals surface area contributed by atoms with Gasteiger partial charge in [0.1, 0.15) is 5.69 Å². The van der Waals surface area contributed by atoms with Gasteiger partial charge in [-0.2, -0.15) is 0 Å². The van der Waals surface area contributed by atoms with E-state index in [1.54, 1.807) is 5.38 Å². The van der Waals surface area contributed by atoms with E-state index in [9.17, 15) is 4.79 Å². The second-order valence-electron chi connectivity index (χ2n) is 6.22. The number of amides is 1. The topological polar surface area (TPSA) is 63.2 Å². The molecule has 5 nitrogen and oxygen atoms in total. The Morgan fingerprint density at radius 3 is 2.85 bits per heavy atom. The lowest BCUT2D eigenvalue weighted by molar-refractivity contribution is 0.0756. The summed E-state index contributed by atoms with van der Waals surface area (Å²) >= 11 is 1.42. The first-order chi connectivity index (χ1) is 12.6. The molecule has 26 heavy (non-hydrogen) atoms. The van der Waals surface area contributed by atoms with Crippen molar-refractivity contribution in [3.63, 3.8) is 0 Å². The average molecular weight is 369 g/mol. The molecular formula is C20H23N3O2S. The number of hydrogen-bond donors (Lipinski definition) is 2. The van der Waals surface area contributed by atoms with Gasteiger partial charge in [-0.1, -0.05) is 36.4 Å². The molecule has 6 heteroatoms. The van der Waals surface area contributed by atoms with Crippen molar-refractivity contribution in [3.8, 4) is 0 Å². The van der Waals surface area contributed by atoms with Gasteiger partial charge in [-0.05, 0) is 31.7 Å². The number of nitrogens with zero attached hydrogens (tertiary/aromatic N) is 1. The maximum atomic E-state index is 12.2. The van der Waals surface area contributed by atoms with Gasteiger partial charge < -0.3 is 15.4 Å². The summed E-state index contributed by atoms with van der Waals surface area (Å²) in [6.45, 7) is 5.22. The monoisotopic (exact) mass is 369 g/mol. The summed E-state index contributed by atoms with van der Waals surface area (Å²) in [7, 11) is 0. The molecule has 0 saturated carbocycles. The van der Waals surface area contributed by atoms with Crippen LogP contribution in [0.4, 0.5) is 10.8 Å². The lowest BCUT2D eigenvalue weighted by atomic mass is 10.1. The van der Waals surface area contributed by atoms with Crippen molar-refractivity contribution in [2.75, 3.05) is 18.5 Å². The van der Waals surface area contributed by atoms with Crippen molar-refractivity contribution in [2.45, 2.75) is 26.4 Å². The first-order valence-electron chi connectivity index (χ1n) is 8.73. The number of benzene rings is 2. The van der Waals surface area contributed by atoms with Gasteiger partial charge in [-0.3, -0.25) is 4.79 Å². The third kappa shape index (κ3) is 4.80. The normalized spacial score (nSPS) is 11.0. The number of carbonyl (C=O) groups is 1. The number of ether oxygens (including phenoxy) is 1. The molecule has 2 aromatic carbocycles. The quantitative estimate of drug-likeness (QED) is 0.570. The molecule has 0 saturated heterocycles. The molecule has 1 heterocycles. The molecule has 0 aliphatic rings. The van der Waals surface area contributed by atoms with Crippen molar-refractivity contribution in [1.82, 2.24) is 10.3 Å². The fourth-order valence-electron chi connectivity index (χ4n) is 2.57. The standard InChI is InChI=1S/C20H23N3O2S/c1-14(2)25-12-6-11-21-19(24)18-13-26-20(23-18)22-17-10-5-8-15-7-3-4-9-16(15)17/h3-5,7-10,13-14H,6,11-12H2,1-2H3,(H,21,24)(H,22,23). The van der Waals surface area contributed by atoms with E-state index in [1.807, 2.05) is 38.1 Å². The zero-order valence-corrected chi connectivity index (χ0v) is 15.8. The molecule has 0 atom stereocenters. The molecule has 3 aromatic rings. The number of nitrogens with one attached hydrogen (secondary N) is 2. The van der Waals surface area contributed by atoms with Gasteiger partial charge in [0, 0.05) is 29.6 Å². The van der Waals surface area contributed by atoms with E-state index in [-0.39, 0.29) is 12.0 Å². The highest BCUT2D eigenvalue weighted by molar-refractivity contribution is 7.14. The fourth-order valence-corrected chi connectivity index (χ4v) is 3.27. The third-order valence-corrected chi connectivity index (χ3v) is 4.58. The summed E-state index contributed by atoms with van der Waals surface area (Å²) in [5.41, 5.74) is 1.41. The van der Waals surface area contributed by atoms with Gasteiger partial charge in [-0.25, -0.2) is 4.98 Å². The van der Waals surface area contributed by atoms with Crippen LogP contribution in [0.1, 0.15) is 30.8 Å². The highest BCUT2D eigenvalue weighted by Crippen LogP contribution is 2.27. The van der Waals surface area contributed by atoms with Crippen molar-refractivity contribution < 1.29 is 9.53 Å². The number of aromatic nitrogens is 1. The Hall–Kier alpha value is -2.44. The summed E-state index contributed by atoms with van der Waals surface area (Å²) < 4.78 is 5.46. The number of anilines is 2. The van der Waals surface area contributed by atoms with Crippen LogP contribution >= 0.6 is 11.3 Å². The summed E-state index contributed by atoms with van der Waals surface area (Å²) in [6.07, 6.45) is 1.00. The molecular weight excluding hydrogens is 346 g/mol. The van der Waals surface area contributed by atoms with Gasteiger partial charge in [0.05, 0.1) is 6.10 Å². The lowest BCUT2D eigenvalue weighted by Gasteiger charge is -2.08. The molecule has 1 aromatic heterocycles. The zero-order chi connectivity index (χ0) is 18.4. The van der Waals surface area contributed by atoms with Crippen LogP contribution in [0.5, 0.6) is 0 Å². The molecule has 0 fully saturated rings. The molecule has 2 N–H and O–H groups in total. The summed E-state index contributed by atoms with van der Waals surface area (Å²) in [4.78, 5) is 16.6. The van der Waals surface area contributed by atoms with Gasteiger partial charge in [-0.15, -0.1) is 11.3 Å². The number of carbonyl (C=O) groups excluding carboxylic acids is 1. The van der Waals surface area contributed by atoms with Crippen LogP contribution in [0.15, 0.2) is 47.8 Å². The lowest BCUT2D eigenvalue weighted by Crippen LogP contribution is -2.25. The van der Waals surface area contributed by atoms with Gasteiger partial charge in [0.2, 0.25) is 0 Å². The van der Waals surface area contributed by atoms with E-state index in [4.69, 9.17) is 4.74 Å². The van der Waals surface area contributed by atoms with Crippen molar-refractivity contribution in [2.24, 2.45) is 0 Å². The Bertz CT molecular complexity index is 871. The van der Waals surface area contributed by atoms with Gasteiger partial charge >= 0.3 is 0 Å². The van der Waals surface area contributed by atoms with E-state index in [2.05, 4.69) is 33.8 Å². The predicted octanol–water partition coefficient (Wildman–Crippen LogP) is 4.58. The van der Waals surface area contributed by atoms with Crippen LogP contribution < -0.4 is 10.6 Å². The van der Waals surface area contributed by atoms with Crippen LogP contribution in [-0.2, 0) is 4.74 Å². The SMILES string of the molecule is CC(C)OCCCNC(=O)c1csc(Nc2cccc3ccccc23)n1.